The quantitative estimate of drug-likeness (QED) is 0.0195. The molecule has 0 saturated carbocycles. The molecule has 0 spiro atoms. The zero-order valence-electron chi connectivity index (χ0n) is 55.8. The highest BCUT2D eigenvalue weighted by Crippen LogP contribution is 2.14. The molecule has 2 unspecified atom stereocenters. The van der Waals surface area contributed by atoms with Gasteiger partial charge in [0.1, 0.15) is 13.2 Å². The molecular formula is C78H125NO8. The second-order valence-corrected chi connectivity index (χ2v) is 23.4. The van der Waals surface area contributed by atoms with Gasteiger partial charge in [-0.15, -0.1) is 0 Å². The molecule has 0 aromatic heterocycles. The number of ether oxygens (including phenoxy) is 4. The summed E-state index contributed by atoms with van der Waals surface area (Å²) >= 11 is 0. The van der Waals surface area contributed by atoms with Crippen molar-refractivity contribution >= 4 is 17.9 Å². The number of esters is 2. The van der Waals surface area contributed by atoms with E-state index in [4.69, 9.17) is 18.9 Å². The lowest BCUT2D eigenvalue weighted by molar-refractivity contribution is -0.870. The zero-order chi connectivity index (χ0) is 63.3. The fourth-order valence-electron chi connectivity index (χ4n) is 8.72. The first-order chi connectivity index (χ1) is 42.6. The van der Waals surface area contributed by atoms with Gasteiger partial charge in [0.2, 0.25) is 0 Å². The van der Waals surface area contributed by atoms with Crippen LogP contribution >= 0.6 is 0 Å². The third-order valence-electron chi connectivity index (χ3n) is 13.9. The van der Waals surface area contributed by atoms with Crippen LogP contribution in [0.4, 0.5) is 0 Å². The molecule has 0 radical (unpaired) electrons. The standard InChI is InChI=1S/C78H125NO8/c1-6-8-10-12-14-16-18-20-22-24-26-28-30-32-33-34-35-36-37-38-39-40-41-42-43-45-47-49-51-53-55-57-59-61-63-65-67-69-76(81)87-74(73-86-78(77(82)83)84-71-70-79(3,4)5)72-85-75(80)68-66-64-62-60-58-56-54-52-50-48-46-44-31-29-27-25-23-21-19-17-15-13-11-9-7-2/h8,10,14,16,19-22,25-28,31-33,35-36,38-39,41-42,44-45,47,51,53,57,59,74,78H,6-7,9,11-13,15,17-18,23-24,29-30,34,37,40,43,46,48-50,52,54-56,58,60-73H2,1-5H3/b10-8-,16-14-,21-19-,22-20-,27-25-,28-26-,33-32-,36-35-,39-38-,42-41-,44-31-,47-45-,53-51-,59-57-. The average molecular weight is 1200 g/mol. The van der Waals surface area contributed by atoms with Crippen LogP contribution in [-0.2, 0) is 33.3 Å². The summed E-state index contributed by atoms with van der Waals surface area (Å²) in [5.41, 5.74) is 0. The molecule has 0 rings (SSSR count). The summed E-state index contributed by atoms with van der Waals surface area (Å²) in [6, 6.07) is 0. The Morgan fingerprint density at radius 3 is 0.989 bits per heavy atom. The Kier molecular flexibility index (Phi) is 62.5. The maximum Gasteiger partial charge on any atom is 0.306 e. The number of hydrogen-bond acceptors (Lipinski definition) is 8. The van der Waals surface area contributed by atoms with E-state index in [1.165, 1.54) is 77.0 Å². The molecule has 0 heterocycles. The summed E-state index contributed by atoms with van der Waals surface area (Å²) < 4.78 is 22.7. The van der Waals surface area contributed by atoms with Gasteiger partial charge in [-0.2, -0.15) is 0 Å². The molecular weight excluding hydrogens is 1080 g/mol. The van der Waals surface area contributed by atoms with Crippen molar-refractivity contribution in [3.63, 3.8) is 0 Å². The van der Waals surface area contributed by atoms with E-state index < -0.39 is 24.3 Å². The predicted octanol–water partition coefficient (Wildman–Crippen LogP) is 20.1. The van der Waals surface area contributed by atoms with Crippen LogP contribution in [0.3, 0.4) is 0 Å². The van der Waals surface area contributed by atoms with E-state index in [1.807, 2.05) is 21.1 Å². The molecule has 0 aliphatic heterocycles. The summed E-state index contributed by atoms with van der Waals surface area (Å²) in [7, 11) is 5.90. The number of carboxylic acid groups (broad SMARTS) is 1. The van der Waals surface area contributed by atoms with E-state index in [9.17, 15) is 19.5 Å². The second kappa shape index (κ2) is 66.6. The number of carboxylic acids is 1. The molecule has 0 aliphatic rings. The van der Waals surface area contributed by atoms with Gasteiger partial charge in [0.15, 0.2) is 12.4 Å². The third kappa shape index (κ3) is 68.0. The molecule has 0 bridgehead atoms. The largest absolute Gasteiger partial charge is 0.545 e. The lowest BCUT2D eigenvalue weighted by Crippen LogP contribution is -2.44. The number of carbonyl (C=O) groups is 3. The van der Waals surface area contributed by atoms with E-state index in [2.05, 4.69) is 184 Å². The number of quaternary nitrogens is 1. The molecule has 0 amide bonds. The fraction of sp³-hybridized carbons (Fsp3) is 0.603. The summed E-state index contributed by atoms with van der Waals surface area (Å²) in [5.74, 6) is -2.35. The predicted molar refractivity (Wildman–Crippen MR) is 370 cm³/mol. The number of allylic oxidation sites excluding steroid dienone is 28. The third-order valence-corrected chi connectivity index (χ3v) is 13.9. The molecule has 0 aliphatic carbocycles. The molecule has 0 aromatic carbocycles. The zero-order valence-corrected chi connectivity index (χ0v) is 55.8. The van der Waals surface area contributed by atoms with Gasteiger partial charge in [-0.25, -0.2) is 0 Å². The number of aliphatic carboxylic acids is 1. The van der Waals surface area contributed by atoms with Crippen molar-refractivity contribution in [2.75, 3.05) is 47.5 Å². The number of nitrogens with zero attached hydrogens (tertiary/aromatic N) is 1. The SMILES string of the molecule is CC/C=C\C/C=C\C/C=C\C/C=C\C/C=C\C/C=C\C/C=C\C/C=C\C/C=C\C/C=C\C/C=C\CCCCCC(=O)OC(COC(=O)CCCCCCCCCCCC/C=C\C/C=C\C/C=C\CCCCCCC)COC(OCC[N+](C)(C)C)C(=O)[O-]. The van der Waals surface area contributed by atoms with Gasteiger partial charge in [-0.05, 0) is 135 Å². The minimum atomic E-state index is -1.64. The minimum absolute atomic E-state index is 0.131. The summed E-state index contributed by atoms with van der Waals surface area (Å²) in [6.45, 7) is 4.56. The van der Waals surface area contributed by atoms with E-state index in [1.54, 1.807) is 0 Å². The maximum atomic E-state index is 12.9. The molecule has 0 saturated heterocycles. The van der Waals surface area contributed by atoms with Crippen molar-refractivity contribution in [3.8, 4) is 0 Å². The van der Waals surface area contributed by atoms with Crippen LogP contribution in [0.2, 0.25) is 0 Å². The Balaban J connectivity index is 4.29. The summed E-state index contributed by atoms with van der Waals surface area (Å²) in [6.07, 6.45) is 97.1. The van der Waals surface area contributed by atoms with Gasteiger partial charge < -0.3 is 33.3 Å². The van der Waals surface area contributed by atoms with Crippen LogP contribution in [0.15, 0.2) is 170 Å². The molecule has 0 aromatic rings. The van der Waals surface area contributed by atoms with Gasteiger partial charge >= 0.3 is 11.9 Å². The smallest absolute Gasteiger partial charge is 0.306 e. The highest BCUT2D eigenvalue weighted by atomic mass is 16.7. The van der Waals surface area contributed by atoms with Crippen molar-refractivity contribution in [3.05, 3.63) is 170 Å². The number of hydrogen-bond donors (Lipinski definition) is 0. The number of unbranched alkanes of at least 4 members (excludes halogenated alkanes) is 18. The van der Waals surface area contributed by atoms with E-state index in [0.29, 0.717) is 17.4 Å². The van der Waals surface area contributed by atoms with Crippen LogP contribution in [0.5, 0.6) is 0 Å². The topological polar surface area (TPSA) is 111 Å². The first-order valence-corrected chi connectivity index (χ1v) is 34.3. The number of rotatable bonds is 61. The molecule has 9 heteroatoms. The first kappa shape index (κ1) is 81.7. The normalized spacial score (nSPS) is 13.8. The summed E-state index contributed by atoms with van der Waals surface area (Å²) in [4.78, 5) is 37.4. The van der Waals surface area contributed by atoms with Gasteiger partial charge in [-0.1, -0.05) is 267 Å². The molecule has 87 heavy (non-hydrogen) atoms. The van der Waals surface area contributed by atoms with E-state index in [-0.39, 0.29) is 38.6 Å². The molecule has 0 fully saturated rings. The average Bonchev–Trinajstić information content (AvgIpc) is 3.57. The van der Waals surface area contributed by atoms with Crippen molar-refractivity contribution in [1.29, 1.82) is 0 Å². The molecule has 490 valence electrons. The van der Waals surface area contributed by atoms with Crippen LogP contribution in [-0.4, -0.2) is 82.3 Å². The number of likely N-dealkylation sites (N-methyl/N-ethyl adjacent to an activating group) is 1. The molecule has 2 atom stereocenters. The number of carbonyl (C=O) groups excluding carboxylic acids is 3. The lowest BCUT2D eigenvalue weighted by atomic mass is 10.1. The van der Waals surface area contributed by atoms with Gasteiger partial charge in [0.05, 0.1) is 40.3 Å². The van der Waals surface area contributed by atoms with Crippen LogP contribution in [0.1, 0.15) is 245 Å². The van der Waals surface area contributed by atoms with Crippen molar-refractivity contribution < 1.29 is 42.9 Å². The highest BCUT2D eigenvalue weighted by molar-refractivity contribution is 5.70. The summed E-state index contributed by atoms with van der Waals surface area (Å²) in [5, 5.41) is 11.8. The van der Waals surface area contributed by atoms with E-state index in [0.717, 1.165) is 135 Å². The van der Waals surface area contributed by atoms with Gasteiger partial charge in [0.25, 0.3) is 0 Å². The van der Waals surface area contributed by atoms with Gasteiger partial charge in [0, 0.05) is 12.8 Å². The van der Waals surface area contributed by atoms with Crippen LogP contribution < -0.4 is 5.11 Å². The maximum absolute atomic E-state index is 12.9. The minimum Gasteiger partial charge on any atom is -0.545 e. The van der Waals surface area contributed by atoms with Gasteiger partial charge in [-0.3, -0.25) is 9.59 Å². The second-order valence-electron chi connectivity index (χ2n) is 23.4. The first-order valence-electron chi connectivity index (χ1n) is 34.3. The highest BCUT2D eigenvalue weighted by Gasteiger charge is 2.22. The van der Waals surface area contributed by atoms with Crippen molar-refractivity contribution in [2.45, 2.75) is 257 Å². The van der Waals surface area contributed by atoms with E-state index >= 15 is 0 Å². The van der Waals surface area contributed by atoms with Crippen LogP contribution in [0.25, 0.3) is 0 Å². The van der Waals surface area contributed by atoms with Crippen molar-refractivity contribution in [1.82, 2.24) is 0 Å². The Hall–Kier alpha value is -5.35. The Labute approximate surface area is 533 Å². The lowest BCUT2D eigenvalue weighted by Gasteiger charge is -2.26. The Morgan fingerprint density at radius 1 is 0.356 bits per heavy atom. The Bertz CT molecular complexity index is 2030. The van der Waals surface area contributed by atoms with Crippen molar-refractivity contribution in [2.24, 2.45) is 0 Å². The Morgan fingerprint density at radius 2 is 0.655 bits per heavy atom. The van der Waals surface area contributed by atoms with Crippen LogP contribution in [0, 0.1) is 0 Å². The monoisotopic (exact) mass is 1200 g/mol. The fourth-order valence-corrected chi connectivity index (χ4v) is 8.72. The molecule has 0 N–H and O–H groups in total. The molecule has 9 nitrogen and oxygen atoms in total.